The van der Waals surface area contributed by atoms with Gasteiger partial charge in [-0.25, -0.2) is 4.98 Å². The van der Waals surface area contributed by atoms with E-state index in [2.05, 4.69) is 20.9 Å². The van der Waals surface area contributed by atoms with Gasteiger partial charge in [-0.1, -0.05) is 15.9 Å². The number of halogens is 1. The third kappa shape index (κ3) is 2.70. The van der Waals surface area contributed by atoms with Gasteiger partial charge in [0.1, 0.15) is 5.75 Å². The molecule has 0 aliphatic rings. The number of benzene rings is 1. The summed E-state index contributed by atoms with van der Waals surface area (Å²) in [5.41, 5.74) is 6.14. The number of ether oxygens (including phenoxy) is 1. The van der Waals surface area contributed by atoms with Gasteiger partial charge in [-0.3, -0.25) is 0 Å². The molecular weight excluding hydrogens is 256 g/mol. The SMILES string of the molecule is Nc1ccc(Oc2ccc(Br)cc2)nc1. The maximum Gasteiger partial charge on any atom is 0.219 e. The highest BCUT2D eigenvalue weighted by molar-refractivity contribution is 9.10. The average Bonchev–Trinajstić information content (AvgIpc) is 2.25. The average molecular weight is 265 g/mol. The van der Waals surface area contributed by atoms with E-state index in [1.807, 2.05) is 24.3 Å². The maximum atomic E-state index is 5.52. The summed E-state index contributed by atoms with van der Waals surface area (Å²) in [5.74, 6) is 1.28. The summed E-state index contributed by atoms with van der Waals surface area (Å²) in [6.07, 6.45) is 1.56. The van der Waals surface area contributed by atoms with Crippen molar-refractivity contribution in [3.63, 3.8) is 0 Å². The topological polar surface area (TPSA) is 48.1 Å². The molecule has 0 fully saturated rings. The van der Waals surface area contributed by atoms with Crippen LogP contribution in [-0.4, -0.2) is 4.98 Å². The Morgan fingerprint density at radius 2 is 1.80 bits per heavy atom. The molecule has 0 amide bonds. The monoisotopic (exact) mass is 264 g/mol. The van der Waals surface area contributed by atoms with Crippen LogP contribution in [0.25, 0.3) is 0 Å². The first-order valence-electron chi connectivity index (χ1n) is 4.39. The van der Waals surface area contributed by atoms with Crippen LogP contribution in [0.2, 0.25) is 0 Å². The van der Waals surface area contributed by atoms with Gasteiger partial charge in [0.25, 0.3) is 0 Å². The zero-order valence-electron chi connectivity index (χ0n) is 7.85. The summed E-state index contributed by atoms with van der Waals surface area (Å²) in [5, 5.41) is 0. The molecule has 3 nitrogen and oxygen atoms in total. The van der Waals surface area contributed by atoms with E-state index in [4.69, 9.17) is 10.5 Å². The highest BCUT2D eigenvalue weighted by Gasteiger charge is 1.97. The first kappa shape index (κ1) is 9.98. The molecule has 1 heterocycles. The summed E-state index contributed by atoms with van der Waals surface area (Å²) in [4.78, 5) is 4.04. The lowest BCUT2D eigenvalue weighted by Crippen LogP contribution is -1.89. The molecule has 0 aliphatic carbocycles. The second kappa shape index (κ2) is 4.31. The summed E-state index contributed by atoms with van der Waals surface area (Å²) >= 11 is 3.35. The Kier molecular flexibility index (Phi) is 2.87. The van der Waals surface area contributed by atoms with E-state index in [0.717, 1.165) is 10.2 Å². The Morgan fingerprint density at radius 1 is 1.07 bits per heavy atom. The van der Waals surface area contributed by atoms with Crippen LogP contribution in [0.3, 0.4) is 0 Å². The molecule has 0 saturated heterocycles. The molecule has 15 heavy (non-hydrogen) atoms. The summed E-state index contributed by atoms with van der Waals surface area (Å²) < 4.78 is 6.51. The predicted octanol–water partition coefficient (Wildman–Crippen LogP) is 3.22. The summed E-state index contributed by atoms with van der Waals surface area (Å²) in [7, 11) is 0. The molecule has 0 unspecified atom stereocenters. The van der Waals surface area contributed by atoms with Gasteiger partial charge in [0.2, 0.25) is 5.88 Å². The standard InChI is InChI=1S/C11H9BrN2O/c12-8-1-4-10(5-2-8)15-11-6-3-9(13)7-14-11/h1-7H,13H2. The van der Waals surface area contributed by atoms with Crippen LogP contribution in [0.4, 0.5) is 5.69 Å². The highest BCUT2D eigenvalue weighted by atomic mass is 79.9. The van der Waals surface area contributed by atoms with Gasteiger partial charge in [0.05, 0.1) is 11.9 Å². The molecule has 0 saturated carbocycles. The lowest BCUT2D eigenvalue weighted by molar-refractivity contribution is 0.463. The number of nitrogens with two attached hydrogens (primary N) is 1. The van der Waals surface area contributed by atoms with E-state index in [-0.39, 0.29) is 0 Å². The molecule has 0 atom stereocenters. The van der Waals surface area contributed by atoms with Crippen molar-refractivity contribution in [1.82, 2.24) is 4.98 Å². The van der Waals surface area contributed by atoms with E-state index in [1.54, 1.807) is 18.3 Å². The van der Waals surface area contributed by atoms with Crippen molar-refractivity contribution < 1.29 is 4.74 Å². The van der Waals surface area contributed by atoms with Crippen molar-refractivity contribution in [3.8, 4) is 11.6 Å². The van der Waals surface area contributed by atoms with Crippen LogP contribution in [0, 0.1) is 0 Å². The van der Waals surface area contributed by atoms with Gasteiger partial charge in [-0.2, -0.15) is 0 Å². The molecule has 0 radical (unpaired) electrons. The number of anilines is 1. The minimum absolute atomic E-state index is 0.534. The first-order valence-corrected chi connectivity index (χ1v) is 5.18. The molecule has 1 aromatic carbocycles. The van der Waals surface area contributed by atoms with E-state index in [0.29, 0.717) is 11.6 Å². The fourth-order valence-electron chi connectivity index (χ4n) is 1.08. The number of pyridine rings is 1. The quantitative estimate of drug-likeness (QED) is 0.906. The molecule has 0 bridgehead atoms. The predicted molar refractivity (Wildman–Crippen MR) is 62.9 cm³/mol. The summed E-state index contributed by atoms with van der Waals surface area (Å²) in [6.45, 7) is 0. The number of aromatic nitrogens is 1. The Bertz CT molecular complexity index is 396. The van der Waals surface area contributed by atoms with Crippen LogP contribution in [0.15, 0.2) is 47.1 Å². The Morgan fingerprint density at radius 3 is 2.40 bits per heavy atom. The van der Waals surface area contributed by atoms with Crippen LogP contribution < -0.4 is 10.5 Å². The normalized spacial score (nSPS) is 9.93. The van der Waals surface area contributed by atoms with Crippen LogP contribution >= 0.6 is 15.9 Å². The third-order valence-corrected chi connectivity index (χ3v) is 2.32. The number of rotatable bonds is 2. The van der Waals surface area contributed by atoms with Crippen molar-refractivity contribution in [2.45, 2.75) is 0 Å². The Balaban J connectivity index is 2.15. The molecule has 76 valence electrons. The molecule has 2 N–H and O–H groups in total. The lowest BCUT2D eigenvalue weighted by atomic mass is 10.3. The maximum absolute atomic E-state index is 5.52. The summed E-state index contributed by atoms with van der Waals surface area (Å²) in [6, 6.07) is 11.0. The van der Waals surface area contributed by atoms with Crippen LogP contribution in [-0.2, 0) is 0 Å². The largest absolute Gasteiger partial charge is 0.439 e. The van der Waals surface area contributed by atoms with Gasteiger partial charge in [-0.15, -0.1) is 0 Å². The smallest absolute Gasteiger partial charge is 0.219 e. The van der Waals surface area contributed by atoms with Gasteiger partial charge in [0.15, 0.2) is 0 Å². The number of hydrogen-bond acceptors (Lipinski definition) is 3. The zero-order valence-corrected chi connectivity index (χ0v) is 9.44. The molecule has 4 heteroatoms. The van der Waals surface area contributed by atoms with Crippen molar-refractivity contribution in [1.29, 1.82) is 0 Å². The van der Waals surface area contributed by atoms with Crippen molar-refractivity contribution in [2.75, 3.05) is 5.73 Å². The van der Waals surface area contributed by atoms with E-state index in [1.165, 1.54) is 0 Å². The van der Waals surface area contributed by atoms with Gasteiger partial charge >= 0.3 is 0 Å². The first-order chi connectivity index (χ1) is 7.24. The van der Waals surface area contributed by atoms with E-state index < -0.39 is 0 Å². The van der Waals surface area contributed by atoms with Crippen molar-refractivity contribution in [2.24, 2.45) is 0 Å². The van der Waals surface area contributed by atoms with Crippen LogP contribution in [0.5, 0.6) is 11.6 Å². The highest BCUT2D eigenvalue weighted by Crippen LogP contribution is 2.21. The van der Waals surface area contributed by atoms with E-state index in [9.17, 15) is 0 Å². The van der Waals surface area contributed by atoms with Crippen molar-refractivity contribution >= 4 is 21.6 Å². The fourth-order valence-corrected chi connectivity index (χ4v) is 1.34. The molecule has 0 spiro atoms. The van der Waals surface area contributed by atoms with Gasteiger partial charge in [-0.05, 0) is 30.3 Å². The Hall–Kier alpha value is -1.55. The fraction of sp³-hybridized carbons (Fsp3) is 0. The van der Waals surface area contributed by atoms with Gasteiger partial charge in [0, 0.05) is 10.5 Å². The molecule has 1 aromatic heterocycles. The second-order valence-electron chi connectivity index (χ2n) is 2.99. The Labute approximate surface area is 96.0 Å². The zero-order chi connectivity index (χ0) is 10.7. The number of nitrogen functional groups attached to an aromatic ring is 1. The molecular formula is C11H9BrN2O. The van der Waals surface area contributed by atoms with E-state index >= 15 is 0 Å². The third-order valence-electron chi connectivity index (χ3n) is 1.80. The number of hydrogen-bond donors (Lipinski definition) is 1. The van der Waals surface area contributed by atoms with Crippen LogP contribution in [0.1, 0.15) is 0 Å². The minimum Gasteiger partial charge on any atom is -0.439 e. The number of nitrogens with zero attached hydrogens (tertiary/aromatic N) is 1. The lowest BCUT2D eigenvalue weighted by Gasteiger charge is -2.04. The minimum atomic E-state index is 0.534. The van der Waals surface area contributed by atoms with Gasteiger partial charge < -0.3 is 10.5 Å². The molecule has 2 rings (SSSR count). The molecule has 2 aromatic rings. The molecule has 0 aliphatic heterocycles. The van der Waals surface area contributed by atoms with Crippen molar-refractivity contribution in [3.05, 3.63) is 47.1 Å². The second-order valence-corrected chi connectivity index (χ2v) is 3.90.